The lowest BCUT2D eigenvalue weighted by Gasteiger charge is -1.94. The van der Waals surface area contributed by atoms with Gasteiger partial charge in [-0.25, -0.2) is 0 Å². The average Bonchev–Trinajstić information content (AvgIpc) is 1.87. The van der Waals surface area contributed by atoms with Gasteiger partial charge in [-0.05, 0) is 12.2 Å². The molecule has 0 heterocycles. The second-order valence-corrected chi connectivity index (χ2v) is 3.06. The lowest BCUT2D eigenvalue weighted by molar-refractivity contribution is -0.136. The average molecular weight is 160 g/mol. The zero-order chi connectivity index (χ0) is 7.82. The molecule has 0 saturated heterocycles. The monoisotopic (exact) mass is 160 g/mol. The van der Waals surface area contributed by atoms with Crippen LogP contribution in [0.4, 0.5) is 0 Å². The predicted octanol–water partition coefficient (Wildman–Crippen LogP) is 1.77. The van der Waals surface area contributed by atoms with Crippen molar-refractivity contribution in [3.05, 3.63) is 12.7 Å². The minimum absolute atomic E-state index is 0.266. The van der Waals surface area contributed by atoms with Crippen molar-refractivity contribution in [3.8, 4) is 0 Å². The lowest BCUT2D eigenvalue weighted by atomic mass is 10.5. The summed E-state index contributed by atoms with van der Waals surface area (Å²) in [6, 6.07) is 0. The molecular weight excluding hydrogens is 148 g/mol. The molecule has 0 aliphatic carbocycles. The minimum atomic E-state index is -0.717. The molecule has 0 aliphatic rings. The predicted molar refractivity (Wildman–Crippen MR) is 44.4 cm³/mol. The molecule has 0 aromatic rings. The van der Waals surface area contributed by atoms with Gasteiger partial charge in [0.05, 0.1) is 6.42 Å². The first-order chi connectivity index (χ1) is 4.77. The van der Waals surface area contributed by atoms with Crippen molar-refractivity contribution in [2.45, 2.75) is 12.8 Å². The van der Waals surface area contributed by atoms with Crippen molar-refractivity contribution in [2.24, 2.45) is 0 Å². The Hall–Kier alpha value is -0.440. The van der Waals surface area contributed by atoms with Crippen molar-refractivity contribution < 1.29 is 9.90 Å². The molecule has 0 radical (unpaired) electrons. The lowest BCUT2D eigenvalue weighted by Crippen LogP contribution is -1.96. The van der Waals surface area contributed by atoms with Crippen LogP contribution in [-0.4, -0.2) is 22.6 Å². The molecule has 0 spiro atoms. The summed E-state index contributed by atoms with van der Waals surface area (Å²) >= 11 is 1.65. The summed E-state index contributed by atoms with van der Waals surface area (Å²) in [5.74, 6) is 0.978. The van der Waals surface area contributed by atoms with Crippen LogP contribution in [0.25, 0.3) is 0 Å². The van der Waals surface area contributed by atoms with E-state index in [-0.39, 0.29) is 6.42 Å². The summed E-state index contributed by atoms with van der Waals surface area (Å²) in [4.78, 5) is 10.00. The van der Waals surface area contributed by atoms with E-state index >= 15 is 0 Å². The third-order valence-electron chi connectivity index (χ3n) is 0.927. The molecule has 0 amide bonds. The summed E-state index contributed by atoms with van der Waals surface area (Å²) in [5.41, 5.74) is 0. The normalized spacial score (nSPS) is 9.20. The van der Waals surface area contributed by atoms with Crippen LogP contribution in [0.5, 0.6) is 0 Å². The van der Waals surface area contributed by atoms with Crippen LogP contribution in [0.15, 0.2) is 12.7 Å². The third kappa shape index (κ3) is 7.56. The van der Waals surface area contributed by atoms with Crippen molar-refractivity contribution >= 4 is 17.7 Å². The summed E-state index contributed by atoms with van der Waals surface area (Å²) in [5, 5.41) is 8.24. The van der Waals surface area contributed by atoms with E-state index in [0.717, 1.165) is 12.2 Å². The second-order valence-electron chi connectivity index (χ2n) is 1.83. The molecule has 0 fully saturated rings. The molecule has 10 heavy (non-hydrogen) atoms. The highest BCUT2D eigenvalue weighted by Gasteiger charge is 1.94. The van der Waals surface area contributed by atoms with Crippen LogP contribution in [0.2, 0.25) is 0 Å². The zero-order valence-electron chi connectivity index (χ0n) is 5.88. The summed E-state index contributed by atoms with van der Waals surface area (Å²) in [6.45, 7) is 3.56. The Morgan fingerprint density at radius 2 is 2.30 bits per heavy atom. The molecule has 0 atom stereocenters. The van der Waals surface area contributed by atoms with Crippen LogP contribution in [0, 0.1) is 0 Å². The number of thioether (sulfide) groups is 1. The molecule has 1 N–H and O–H groups in total. The van der Waals surface area contributed by atoms with Gasteiger partial charge in [-0.1, -0.05) is 6.08 Å². The van der Waals surface area contributed by atoms with Gasteiger partial charge in [0.1, 0.15) is 0 Å². The number of aliphatic carboxylic acids is 1. The maximum absolute atomic E-state index is 10.00. The maximum atomic E-state index is 10.00. The molecule has 58 valence electrons. The van der Waals surface area contributed by atoms with Crippen molar-refractivity contribution in [1.29, 1.82) is 0 Å². The van der Waals surface area contributed by atoms with Crippen LogP contribution >= 0.6 is 11.8 Å². The minimum Gasteiger partial charge on any atom is -0.481 e. The molecular formula is C7H12O2S. The van der Waals surface area contributed by atoms with E-state index in [2.05, 4.69) is 6.58 Å². The van der Waals surface area contributed by atoms with Crippen LogP contribution in [0.3, 0.4) is 0 Å². The Kier molecular flexibility index (Phi) is 6.38. The quantitative estimate of drug-likeness (QED) is 0.475. The van der Waals surface area contributed by atoms with E-state index in [9.17, 15) is 4.79 Å². The largest absolute Gasteiger partial charge is 0.481 e. The van der Waals surface area contributed by atoms with E-state index < -0.39 is 5.97 Å². The highest BCUT2D eigenvalue weighted by molar-refractivity contribution is 7.99. The number of hydrogen-bond donors (Lipinski definition) is 1. The first-order valence-electron chi connectivity index (χ1n) is 3.18. The van der Waals surface area contributed by atoms with Gasteiger partial charge in [0.2, 0.25) is 0 Å². The summed E-state index contributed by atoms with van der Waals surface area (Å²) < 4.78 is 0. The van der Waals surface area contributed by atoms with Crippen molar-refractivity contribution in [2.75, 3.05) is 11.5 Å². The van der Waals surface area contributed by atoms with Gasteiger partial charge in [-0.2, -0.15) is 11.8 Å². The number of allylic oxidation sites excluding steroid dienone is 1. The fourth-order valence-electron chi connectivity index (χ4n) is 0.428. The number of hydrogen-bond acceptors (Lipinski definition) is 2. The van der Waals surface area contributed by atoms with Crippen molar-refractivity contribution in [3.63, 3.8) is 0 Å². The smallest absolute Gasteiger partial charge is 0.304 e. The van der Waals surface area contributed by atoms with E-state index in [1.165, 1.54) is 0 Å². The Labute approximate surface area is 65.3 Å². The first-order valence-corrected chi connectivity index (χ1v) is 4.33. The standard InChI is InChI=1S/C7H12O2S/c1-2-3-5-10-6-4-7(8)9/h2H,1,3-6H2,(H,8,9). The second kappa shape index (κ2) is 6.68. The maximum Gasteiger partial charge on any atom is 0.304 e. The number of carboxylic acids is 1. The van der Waals surface area contributed by atoms with Gasteiger partial charge < -0.3 is 5.11 Å². The molecule has 0 aromatic heterocycles. The number of rotatable bonds is 6. The molecule has 0 rings (SSSR count). The molecule has 0 saturated carbocycles. The molecule has 2 nitrogen and oxygen atoms in total. The summed E-state index contributed by atoms with van der Waals surface area (Å²) in [6.07, 6.45) is 3.07. The highest BCUT2D eigenvalue weighted by atomic mass is 32.2. The van der Waals surface area contributed by atoms with Gasteiger partial charge in [0, 0.05) is 5.75 Å². The van der Waals surface area contributed by atoms with E-state index in [4.69, 9.17) is 5.11 Å². The van der Waals surface area contributed by atoms with Crippen LogP contribution < -0.4 is 0 Å². The SMILES string of the molecule is C=CCCSCCC(=O)O. The Morgan fingerprint density at radius 3 is 2.80 bits per heavy atom. The van der Waals surface area contributed by atoms with E-state index in [1.54, 1.807) is 11.8 Å². The third-order valence-corrected chi connectivity index (χ3v) is 1.94. The molecule has 0 aromatic carbocycles. The summed E-state index contributed by atoms with van der Waals surface area (Å²) in [7, 11) is 0. The van der Waals surface area contributed by atoms with Gasteiger partial charge >= 0.3 is 5.97 Å². The molecule has 0 unspecified atom stereocenters. The number of carbonyl (C=O) groups is 1. The fourth-order valence-corrected chi connectivity index (χ4v) is 1.28. The molecule has 0 bridgehead atoms. The highest BCUT2D eigenvalue weighted by Crippen LogP contribution is 2.03. The topological polar surface area (TPSA) is 37.3 Å². The Bertz CT molecular complexity index is 112. The zero-order valence-corrected chi connectivity index (χ0v) is 6.69. The van der Waals surface area contributed by atoms with Gasteiger partial charge in [0.25, 0.3) is 0 Å². The van der Waals surface area contributed by atoms with Crippen LogP contribution in [-0.2, 0) is 4.79 Å². The van der Waals surface area contributed by atoms with E-state index in [1.807, 2.05) is 6.08 Å². The molecule has 0 aliphatic heterocycles. The van der Waals surface area contributed by atoms with Gasteiger partial charge in [-0.15, -0.1) is 6.58 Å². The Balaban J connectivity index is 2.90. The van der Waals surface area contributed by atoms with Gasteiger partial charge in [0.15, 0.2) is 0 Å². The van der Waals surface area contributed by atoms with E-state index in [0.29, 0.717) is 5.75 Å². The number of carboxylic acid groups (broad SMARTS) is 1. The first kappa shape index (κ1) is 9.56. The Morgan fingerprint density at radius 1 is 1.60 bits per heavy atom. The van der Waals surface area contributed by atoms with Crippen molar-refractivity contribution in [1.82, 2.24) is 0 Å². The van der Waals surface area contributed by atoms with Crippen LogP contribution in [0.1, 0.15) is 12.8 Å². The fraction of sp³-hybridized carbons (Fsp3) is 0.571. The van der Waals surface area contributed by atoms with Gasteiger partial charge in [-0.3, -0.25) is 4.79 Å². The molecule has 3 heteroatoms.